The van der Waals surface area contributed by atoms with Crippen molar-refractivity contribution in [1.82, 2.24) is 19.6 Å². The largest absolute Gasteiger partial charge is 0.455 e. The number of nitrogens with zero attached hydrogens (tertiary/aromatic N) is 4. The summed E-state index contributed by atoms with van der Waals surface area (Å²) in [6.45, 7) is 8.58. The average molecular weight is 906 g/mol. The molecule has 342 valence electrons. The number of carbonyl (C=O) groups excluding carboxylic acids is 1. The topological polar surface area (TPSA) is 190 Å². The number of aromatic amines is 1. The average Bonchev–Trinajstić information content (AvgIpc) is 4.09. The van der Waals surface area contributed by atoms with Gasteiger partial charge in [-0.1, -0.05) is 38.1 Å². The van der Waals surface area contributed by atoms with Crippen LogP contribution in [0.1, 0.15) is 98.7 Å². The molecular formula is C48H55N7O9S. The molecule has 5 aromatic rings. The highest BCUT2D eigenvalue weighted by molar-refractivity contribution is 7.90. The Morgan fingerprint density at radius 2 is 1.80 bits per heavy atom. The number of aromatic nitrogens is 2. The summed E-state index contributed by atoms with van der Waals surface area (Å²) in [5, 5.41) is 16.3. The molecule has 2 aromatic heterocycles. The first-order chi connectivity index (χ1) is 31.4. The van der Waals surface area contributed by atoms with Crippen molar-refractivity contribution in [2.45, 2.75) is 88.1 Å². The molecule has 17 heteroatoms. The molecule has 3 aromatic carbocycles. The van der Waals surface area contributed by atoms with Crippen LogP contribution in [0.2, 0.25) is 0 Å². The van der Waals surface area contributed by atoms with Gasteiger partial charge >= 0.3 is 0 Å². The van der Waals surface area contributed by atoms with Crippen LogP contribution >= 0.6 is 0 Å². The Bertz CT molecular complexity index is 2720. The quantitative estimate of drug-likeness (QED) is 0.0752. The van der Waals surface area contributed by atoms with E-state index < -0.39 is 31.4 Å². The Morgan fingerprint density at radius 3 is 2.58 bits per heavy atom. The zero-order valence-corrected chi connectivity index (χ0v) is 37.5. The Hall–Kier alpha value is -5.91. The second-order valence-electron chi connectivity index (χ2n) is 18.6. The minimum atomic E-state index is -4.77. The zero-order valence-electron chi connectivity index (χ0n) is 36.7. The number of hydrogen-bond donors (Lipinski definition) is 3. The van der Waals surface area contributed by atoms with E-state index in [9.17, 15) is 23.3 Å². The van der Waals surface area contributed by atoms with Crippen LogP contribution in [0.15, 0.2) is 78.0 Å². The number of pyridine rings is 1. The lowest BCUT2D eigenvalue weighted by Crippen LogP contribution is -2.54. The maximum Gasteiger partial charge on any atom is 0.297 e. The maximum absolute atomic E-state index is 14.2. The molecule has 0 radical (unpaired) electrons. The van der Waals surface area contributed by atoms with Crippen LogP contribution < -0.4 is 29.1 Å². The van der Waals surface area contributed by atoms with Crippen molar-refractivity contribution in [2.24, 2.45) is 11.3 Å². The van der Waals surface area contributed by atoms with E-state index in [0.717, 1.165) is 62.5 Å². The molecule has 1 saturated carbocycles. The summed E-state index contributed by atoms with van der Waals surface area (Å²) in [6.07, 6.45) is 11.7. The highest BCUT2D eigenvalue weighted by Gasteiger charge is 2.50. The fourth-order valence-corrected chi connectivity index (χ4v) is 11.9. The van der Waals surface area contributed by atoms with Crippen LogP contribution in [0.3, 0.4) is 0 Å². The van der Waals surface area contributed by atoms with Crippen molar-refractivity contribution < 1.29 is 37.1 Å². The van der Waals surface area contributed by atoms with Gasteiger partial charge in [0.15, 0.2) is 17.2 Å². The van der Waals surface area contributed by atoms with Crippen LogP contribution in [-0.2, 0) is 14.8 Å². The van der Waals surface area contributed by atoms with Crippen LogP contribution in [0, 0.1) is 21.4 Å². The minimum absolute atomic E-state index is 0.0165. The van der Waals surface area contributed by atoms with E-state index in [1.54, 1.807) is 24.4 Å². The van der Waals surface area contributed by atoms with Crippen molar-refractivity contribution in [3.8, 4) is 23.0 Å². The third kappa shape index (κ3) is 8.45. The first-order valence-electron chi connectivity index (χ1n) is 22.8. The summed E-state index contributed by atoms with van der Waals surface area (Å²) in [5.41, 5.74) is 4.18. The summed E-state index contributed by atoms with van der Waals surface area (Å²) in [4.78, 5) is 37.9. The van der Waals surface area contributed by atoms with E-state index in [1.807, 2.05) is 12.1 Å². The molecule has 3 saturated heterocycles. The zero-order chi connectivity index (χ0) is 44.9. The van der Waals surface area contributed by atoms with Gasteiger partial charge in [-0.15, -0.1) is 0 Å². The van der Waals surface area contributed by atoms with Crippen LogP contribution in [-0.4, -0.2) is 86.3 Å². The number of anilines is 2. The third-order valence-corrected chi connectivity index (χ3v) is 15.6. The number of nitro groups is 1. The van der Waals surface area contributed by atoms with E-state index >= 15 is 0 Å². The molecular weight excluding hydrogens is 851 g/mol. The summed E-state index contributed by atoms with van der Waals surface area (Å²) < 4.78 is 53.4. The Kier molecular flexibility index (Phi) is 11.6. The van der Waals surface area contributed by atoms with E-state index in [-0.39, 0.29) is 41.2 Å². The molecule has 4 fully saturated rings. The molecule has 3 N–H and O–H groups in total. The summed E-state index contributed by atoms with van der Waals surface area (Å²) in [5.74, 6) is -0.156. The van der Waals surface area contributed by atoms with E-state index in [1.165, 1.54) is 43.0 Å². The van der Waals surface area contributed by atoms with Gasteiger partial charge in [0, 0.05) is 74.3 Å². The number of rotatable bonds is 13. The molecule has 4 aliphatic heterocycles. The number of fused-ring (bicyclic) bond motifs is 2. The molecule has 5 aliphatic rings. The van der Waals surface area contributed by atoms with Crippen LogP contribution in [0.25, 0.3) is 11.0 Å². The van der Waals surface area contributed by atoms with Gasteiger partial charge in [-0.2, -0.15) is 0 Å². The molecule has 1 aliphatic carbocycles. The van der Waals surface area contributed by atoms with Gasteiger partial charge in [0.2, 0.25) is 6.79 Å². The highest BCUT2D eigenvalue weighted by Crippen LogP contribution is 2.55. The molecule has 1 atom stereocenters. The van der Waals surface area contributed by atoms with Crippen molar-refractivity contribution >= 4 is 44.0 Å². The van der Waals surface area contributed by atoms with Crippen molar-refractivity contribution in [3.05, 3.63) is 99.9 Å². The fraction of sp³-hybridized carbons (Fsp3) is 0.458. The van der Waals surface area contributed by atoms with Gasteiger partial charge < -0.3 is 34.1 Å². The smallest absolute Gasteiger partial charge is 0.297 e. The Labute approximate surface area is 378 Å². The standard InChI is InChI=1S/C48H55N7O9S/c1-30(2)36-6-3-4-7-37(36)39-8-5-17-54(39)34-25-48(26-34)14-18-53(19-15-48)33-9-10-38(41(23-33)64-35-22-32-11-16-49-46(32)51-28-35)47(56)52-65(59,60)42-24-40(55(57)58)43(45-44(42)62-29-63-45)50-27-31-12-20-61-21-13-31/h3-4,6-7,9-11,16,22-24,28,30-31,34,39,50H,5,8,12-15,17-21,25-27,29H2,1-2H3,(H,49,51)(H,52,56). The Balaban J connectivity index is 0.873. The number of H-pyrrole nitrogens is 1. The van der Waals surface area contributed by atoms with Gasteiger partial charge in [-0.3, -0.25) is 19.8 Å². The van der Waals surface area contributed by atoms with Crippen LogP contribution in [0.4, 0.5) is 17.1 Å². The number of amides is 1. The van der Waals surface area contributed by atoms with Gasteiger partial charge in [0.25, 0.3) is 21.6 Å². The van der Waals surface area contributed by atoms with Gasteiger partial charge in [0.1, 0.15) is 22.0 Å². The molecule has 0 bridgehead atoms. The third-order valence-electron chi connectivity index (χ3n) is 14.3. The van der Waals surface area contributed by atoms with Crippen molar-refractivity contribution in [2.75, 3.05) is 56.4 Å². The molecule has 65 heavy (non-hydrogen) atoms. The second kappa shape index (κ2) is 17.5. The Morgan fingerprint density at radius 1 is 1.02 bits per heavy atom. The number of likely N-dealkylation sites (tertiary alicyclic amines) is 1. The fourth-order valence-electron chi connectivity index (χ4n) is 10.8. The van der Waals surface area contributed by atoms with Gasteiger partial charge in [-0.05, 0) is 111 Å². The summed E-state index contributed by atoms with van der Waals surface area (Å²) in [7, 11) is -4.77. The van der Waals surface area contributed by atoms with Crippen LogP contribution in [0.5, 0.6) is 23.0 Å². The number of carbonyl (C=O) groups is 1. The SMILES string of the molecule is CC(C)c1ccccc1C1CCCN1C1CC2(CCN(c3ccc(C(=O)NS(=O)(=O)c4cc([N+](=O)[O-])c(NCC5CCOCC5)c5c4OCO5)c(Oc4cnc5[nH]ccc5c4)c3)CC2)C1. The number of sulfonamides is 1. The summed E-state index contributed by atoms with van der Waals surface area (Å²) >= 11 is 0. The lowest BCUT2D eigenvalue weighted by atomic mass is 9.59. The van der Waals surface area contributed by atoms with E-state index in [2.05, 4.69) is 67.9 Å². The first kappa shape index (κ1) is 43.0. The number of ether oxygens (including phenoxy) is 4. The van der Waals surface area contributed by atoms with E-state index in [0.29, 0.717) is 54.6 Å². The molecule has 16 nitrogen and oxygen atoms in total. The van der Waals surface area contributed by atoms with Crippen molar-refractivity contribution in [3.63, 3.8) is 0 Å². The second-order valence-corrected chi connectivity index (χ2v) is 20.2. The molecule has 10 rings (SSSR count). The minimum Gasteiger partial charge on any atom is -0.455 e. The number of piperidine rings is 1. The number of hydrogen-bond acceptors (Lipinski definition) is 13. The number of benzene rings is 3. The monoisotopic (exact) mass is 905 g/mol. The summed E-state index contributed by atoms with van der Waals surface area (Å²) in [6, 6.07) is 19.7. The van der Waals surface area contributed by atoms with Gasteiger partial charge in [-0.25, -0.2) is 18.1 Å². The van der Waals surface area contributed by atoms with Crippen molar-refractivity contribution in [1.29, 1.82) is 0 Å². The predicted molar refractivity (Wildman–Crippen MR) is 245 cm³/mol. The molecule has 1 amide bonds. The molecule has 1 spiro atoms. The predicted octanol–water partition coefficient (Wildman–Crippen LogP) is 8.66. The molecule has 1 unspecified atom stereocenters. The van der Waals surface area contributed by atoms with Gasteiger partial charge in [0.05, 0.1) is 16.7 Å². The highest BCUT2D eigenvalue weighted by atomic mass is 32.2. The lowest BCUT2D eigenvalue weighted by Gasteiger charge is -2.56. The van der Waals surface area contributed by atoms with E-state index in [4.69, 9.17) is 18.9 Å². The first-order valence-corrected chi connectivity index (χ1v) is 24.3. The normalized spacial score (nSPS) is 20.0. The number of nitro benzene ring substituents is 1. The lowest BCUT2D eigenvalue weighted by molar-refractivity contribution is -0.384. The molecule has 6 heterocycles. The maximum atomic E-state index is 14.2. The number of nitrogens with one attached hydrogen (secondary N) is 3.